The van der Waals surface area contributed by atoms with Crippen molar-refractivity contribution in [3.05, 3.63) is 154 Å². The van der Waals surface area contributed by atoms with E-state index in [9.17, 15) is 0 Å². The molecule has 0 amide bonds. The largest absolute Gasteiger partial charge is 0.458 e. The zero-order valence-electron chi connectivity index (χ0n) is 36.0. The Labute approximate surface area is 339 Å². The lowest BCUT2D eigenvalue weighted by atomic mass is 9.60. The molecule has 0 atom stereocenters. The van der Waals surface area contributed by atoms with Crippen molar-refractivity contribution in [1.29, 1.82) is 0 Å². The maximum atomic E-state index is 6.75. The van der Waals surface area contributed by atoms with E-state index >= 15 is 0 Å². The summed E-state index contributed by atoms with van der Waals surface area (Å²) >= 11 is 0. The van der Waals surface area contributed by atoms with Crippen molar-refractivity contribution in [2.45, 2.75) is 110 Å². The summed E-state index contributed by atoms with van der Waals surface area (Å²) in [6, 6.07) is 33.9. The minimum Gasteiger partial charge on any atom is -0.458 e. The van der Waals surface area contributed by atoms with Gasteiger partial charge in [0.2, 0.25) is 6.33 Å². The fourth-order valence-corrected chi connectivity index (χ4v) is 9.47. The Morgan fingerprint density at radius 3 is 1.77 bits per heavy atom. The zero-order valence-corrected chi connectivity index (χ0v) is 36.0. The lowest BCUT2D eigenvalue weighted by Gasteiger charge is -2.45. The third kappa shape index (κ3) is 5.56. The van der Waals surface area contributed by atoms with Gasteiger partial charge >= 0.3 is 0 Å². The lowest BCUT2D eigenvalue weighted by molar-refractivity contribution is -0.649. The van der Waals surface area contributed by atoms with Crippen LogP contribution in [0.3, 0.4) is 0 Å². The van der Waals surface area contributed by atoms with Crippen molar-refractivity contribution < 1.29 is 9.30 Å². The van der Waals surface area contributed by atoms with E-state index in [1.54, 1.807) is 6.20 Å². The number of para-hydroxylation sites is 1. The molecule has 2 aromatic heterocycles. The van der Waals surface area contributed by atoms with Crippen LogP contribution in [0.5, 0.6) is 11.5 Å². The van der Waals surface area contributed by atoms with Crippen molar-refractivity contribution in [1.82, 2.24) is 14.3 Å². The van der Waals surface area contributed by atoms with Crippen LogP contribution in [-0.2, 0) is 34.1 Å². The van der Waals surface area contributed by atoms with Crippen LogP contribution in [0.4, 0.5) is 0 Å². The summed E-state index contributed by atoms with van der Waals surface area (Å²) < 4.78 is 13.1. The molecule has 290 valence electrons. The molecule has 57 heavy (non-hydrogen) atoms. The van der Waals surface area contributed by atoms with Gasteiger partial charge in [-0.2, -0.15) is 5.10 Å². The van der Waals surface area contributed by atoms with Crippen molar-refractivity contribution in [2.75, 3.05) is 0 Å². The lowest BCUT2D eigenvalue weighted by Crippen LogP contribution is -2.38. The monoisotopic (exact) mass is 752 g/mol. The Morgan fingerprint density at radius 1 is 0.614 bits per heavy atom. The quantitative estimate of drug-likeness (QED) is 0.133. The first-order valence-electron chi connectivity index (χ1n) is 20.4. The number of ether oxygens (including phenoxy) is 1. The molecule has 5 heteroatoms. The zero-order chi connectivity index (χ0) is 40.6. The topological polar surface area (TPSA) is 35.9 Å². The second-order valence-corrected chi connectivity index (χ2v) is 20.5. The first-order valence-corrected chi connectivity index (χ1v) is 20.4. The van der Waals surface area contributed by atoms with E-state index in [1.165, 1.54) is 61.2 Å². The average Bonchev–Trinajstić information content (AvgIpc) is 3.86. The summed E-state index contributed by atoms with van der Waals surface area (Å²) in [6.07, 6.45) is 7.48. The fourth-order valence-electron chi connectivity index (χ4n) is 9.47. The molecular weight excluding hydrogens is 697 g/mol. The molecule has 1 spiro atoms. The van der Waals surface area contributed by atoms with Gasteiger partial charge in [-0.3, -0.25) is 0 Å². The van der Waals surface area contributed by atoms with Gasteiger partial charge in [0.15, 0.2) is 0 Å². The molecule has 5 nitrogen and oxygen atoms in total. The highest BCUT2D eigenvalue weighted by Crippen LogP contribution is 2.64. The van der Waals surface area contributed by atoms with Crippen LogP contribution in [0.1, 0.15) is 128 Å². The average molecular weight is 753 g/mol. The Bertz CT molecular complexity index is 2670. The third-order valence-corrected chi connectivity index (χ3v) is 12.4. The van der Waals surface area contributed by atoms with Crippen molar-refractivity contribution >= 4 is 11.0 Å². The smallest absolute Gasteiger partial charge is 0.244 e. The van der Waals surface area contributed by atoms with Gasteiger partial charge < -0.3 is 13.9 Å². The maximum Gasteiger partial charge on any atom is 0.244 e. The Balaban J connectivity index is 1.44. The number of fused-ring (bicyclic) bond motifs is 9. The molecule has 0 bridgehead atoms. The van der Waals surface area contributed by atoms with E-state index in [0.717, 1.165) is 28.4 Å². The molecule has 3 heterocycles. The van der Waals surface area contributed by atoms with Crippen LogP contribution in [0.15, 0.2) is 103 Å². The van der Waals surface area contributed by atoms with Crippen LogP contribution >= 0.6 is 0 Å². The summed E-state index contributed by atoms with van der Waals surface area (Å²) in [6.45, 7) is 28.5. The molecule has 0 saturated heterocycles. The number of rotatable bonds is 3. The first-order chi connectivity index (χ1) is 26.7. The highest BCUT2D eigenvalue weighted by molar-refractivity contribution is 5.97. The van der Waals surface area contributed by atoms with Gasteiger partial charge in [0.05, 0.1) is 34.9 Å². The number of benzene rings is 5. The third-order valence-electron chi connectivity index (χ3n) is 12.4. The molecular formula is C52H56N4O. The van der Waals surface area contributed by atoms with E-state index in [0.29, 0.717) is 0 Å². The molecule has 7 aromatic rings. The van der Waals surface area contributed by atoms with Crippen LogP contribution < -0.4 is 9.30 Å². The van der Waals surface area contributed by atoms with Gasteiger partial charge in [0.1, 0.15) is 11.5 Å². The van der Waals surface area contributed by atoms with E-state index in [4.69, 9.17) is 4.74 Å². The molecule has 0 saturated carbocycles. The fraction of sp³-hybridized carbons (Fsp3) is 0.346. The van der Waals surface area contributed by atoms with Gasteiger partial charge in [-0.25, -0.2) is 4.68 Å². The number of hydrogen-bond donors (Lipinski definition) is 0. The summed E-state index contributed by atoms with van der Waals surface area (Å²) in [4.78, 5) is 0. The van der Waals surface area contributed by atoms with E-state index < -0.39 is 5.41 Å². The van der Waals surface area contributed by atoms with E-state index in [1.807, 2.05) is 41.2 Å². The standard InChI is InChI=1S/C52H56N4O/c1-48(2,3)32-25-37-38-26-33(49(4,5)6)28-42(51(10,11)12)46(38)52(45(37)41(27-32)50(7,8)9)39-22-21-36(57-35-18-14-17-34(29-35)56-24-16-23-53-56)30-44(39)55-31-54(13)43-20-15-19-40(52)47(43)55/h14-30H,1-13H3. The predicted molar refractivity (Wildman–Crippen MR) is 233 cm³/mol. The minimum atomic E-state index is -0.620. The summed E-state index contributed by atoms with van der Waals surface area (Å²) in [5, 5.41) is 4.45. The van der Waals surface area contributed by atoms with Crippen molar-refractivity contribution in [3.8, 4) is 34.0 Å². The number of hydrogen-bond acceptors (Lipinski definition) is 2. The molecule has 9 rings (SSSR count). The summed E-state index contributed by atoms with van der Waals surface area (Å²) in [5.41, 5.74) is 16.9. The second kappa shape index (κ2) is 12.0. The van der Waals surface area contributed by atoms with Crippen LogP contribution in [0, 0.1) is 6.33 Å². The molecule has 0 radical (unpaired) electrons. The highest BCUT2D eigenvalue weighted by atomic mass is 16.5. The molecule has 1 aliphatic carbocycles. The van der Waals surface area contributed by atoms with Gasteiger partial charge in [0.25, 0.3) is 0 Å². The van der Waals surface area contributed by atoms with Crippen LogP contribution in [-0.4, -0.2) is 14.3 Å². The highest BCUT2D eigenvalue weighted by Gasteiger charge is 2.54. The molecule has 0 N–H and O–H groups in total. The molecule has 0 fully saturated rings. The molecule has 0 unspecified atom stereocenters. The van der Waals surface area contributed by atoms with E-state index in [2.05, 4.69) is 171 Å². The number of nitrogens with zero attached hydrogens (tertiary/aromatic N) is 4. The molecule has 5 aromatic carbocycles. The molecule has 2 aliphatic rings. The van der Waals surface area contributed by atoms with Gasteiger partial charge in [-0.05, 0) is 108 Å². The number of imidazole rings is 1. The van der Waals surface area contributed by atoms with Gasteiger partial charge in [0, 0.05) is 18.5 Å². The van der Waals surface area contributed by atoms with Gasteiger partial charge in [-0.1, -0.05) is 138 Å². The van der Waals surface area contributed by atoms with Crippen LogP contribution in [0.2, 0.25) is 0 Å². The maximum absolute atomic E-state index is 6.75. The first kappa shape index (κ1) is 37.2. The molecule has 1 aliphatic heterocycles. The number of aryl methyl sites for hydroxylation is 1. The Hall–Kier alpha value is -5.42. The van der Waals surface area contributed by atoms with Gasteiger partial charge in [-0.15, -0.1) is 0 Å². The second-order valence-electron chi connectivity index (χ2n) is 20.5. The summed E-state index contributed by atoms with van der Waals surface area (Å²) in [7, 11) is 2.12. The Morgan fingerprint density at radius 2 is 1.21 bits per heavy atom. The van der Waals surface area contributed by atoms with E-state index in [-0.39, 0.29) is 21.7 Å². The van der Waals surface area contributed by atoms with Crippen LogP contribution in [0.25, 0.3) is 33.5 Å². The SMILES string of the molecule is C[n+]1[c-]n2c3c(cccc31)C1(c3ccc(Oc4cccc(-n5cccn5)c4)cc3-2)c2c(cc(C(C)(C)C)cc2C(C)(C)C)-c2cc(C(C)(C)C)cc(C(C)(C)C)c21. The summed E-state index contributed by atoms with van der Waals surface area (Å²) in [5.74, 6) is 1.53. The van der Waals surface area contributed by atoms with Crippen molar-refractivity contribution in [2.24, 2.45) is 7.05 Å². The minimum absolute atomic E-state index is 0.0394. The van der Waals surface area contributed by atoms with Crippen molar-refractivity contribution in [3.63, 3.8) is 0 Å². The normalized spacial score (nSPS) is 14.5. The number of aromatic nitrogens is 4. The Kier molecular flexibility index (Phi) is 7.86. The predicted octanol–water partition coefficient (Wildman–Crippen LogP) is 12.1.